The van der Waals surface area contributed by atoms with Crippen LogP contribution in [-0.2, 0) is 0 Å². The Kier molecular flexibility index (Phi) is 6.82. The van der Waals surface area contributed by atoms with Gasteiger partial charge in [0.2, 0.25) is 0 Å². The van der Waals surface area contributed by atoms with Crippen molar-refractivity contribution in [3.63, 3.8) is 0 Å². The van der Waals surface area contributed by atoms with Crippen molar-refractivity contribution in [1.29, 1.82) is 0 Å². The quantitative estimate of drug-likeness (QED) is 0.366. The van der Waals surface area contributed by atoms with Crippen molar-refractivity contribution in [2.75, 3.05) is 39.3 Å². The van der Waals surface area contributed by atoms with Crippen LogP contribution in [0.3, 0.4) is 0 Å². The van der Waals surface area contributed by atoms with Crippen LogP contribution in [0.1, 0.15) is 20.3 Å². The average Bonchev–Trinajstić information content (AvgIpc) is 3.30. The molecule has 1 fully saturated rings. The summed E-state index contributed by atoms with van der Waals surface area (Å²) in [4.78, 5) is 11.3. The van der Waals surface area contributed by atoms with Gasteiger partial charge in [-0.25, -0.2) is 0 Å². The zero-order valence-corrected chi connectivity index (χ0v) is 16.2. The van der Waals surface area contributed by atoms with E-state index in [9.17, 15) is 0 Å². The van der Waals surface area contributed by atoms with E-state index >= 15 is 0 Å². The van der Waals surface area contributed by atoms with E-state index in [4.69, 9.17) is 4.99 Å². The number of benzene rings is 1. The monoisotopic (exact) mass is 358 g/mol. The minimum atomic E-state index is 0.470. The highest BCUT2D eigenvalue weighted by molar-refractivity contribution is 8.00. The zero-order chi connectivity index (χ0) is 17.5. The summed E-state index contributed by atoms with van der Waals surface area (Å²) in [5.74, 6) is 1.08. The molecule has 136 valence electrons. The maximum atomic E-state index is 4.93. The normalized spacial score (nSPS) is 22.6. The lowest BCUT2D eigenvalue weighted by Crippen LogP contribution is -2.43. The minimum absolute atomic E-state index is 0.470. The second-order valence-corrected chi connectivity index (χ2v) is 8.26. The van der Waals surface area contributed by atoms with Gasteiger partial charge in [-0.1, -0.05) is 37.3 Å². The summed E-state index contributed by atoms with van der Waals surface area (Å²) < 4.78 is 0. The van der Waals surface area contributed by atoms with Gasteiger partial charge in [-0.15, -0.1) is 11.8 Å². The molecule has 0 aromatic heterocycles. The van der Waals surface area contributed by atoms with E-state index in [-0.39, 0.29) is 0 Å². The van der Waals surface area contributed by atoms with Crippen molar-refractivity contribution in [2.45, 2.75) is 36.5 Å². The van der Waals surface area contributed by atoms with E-state index in [1.807, 2.05) is 11.8 Å². The average molecular weight is 359 g/mol. The summed E-state index contributed by atoms with van der Waals surface area (Å²) >= 11 is 1.90. The second kappa shape index (κ2) is 9.30. The molecule has 0 aliphatic carbocycles. The molecule has 0 amide bonds. The van der Waals surface area contributed by atoms with Gasteiger partial charge in [0, 0.05) is 48.9 Å². The van der Waals surface area contributed by atoms with Gasteiger partial charge in [0.05, 0.1) is 6.54 Å². The molecule has 5 heteroatoms. The molecule has 0 saturated carbocycles. The van der Waals surface area contributed by atoms with Crippen LogP contribution in [0.15, 0.2) is 52.4 Å². The number of nitrogens with zero attached hydrogens (tertiary/aromatic N) is 3. The first kappa shape index (κ1) is 18.3. The summed E-state index contributed by atoms with van der Waals surface area (Å²) in [5.41, 5.74) is 0. The van der Waals surface area contributed by atoms with Crippen LogP contribution >= 0.6 is 11.8 Å². The van der Waals surface area contributed by atoms with Crippen LogP contribution in [0.2, 0.25) is 0 Å². The Hall–Kier alpha value is -1.46. The molecule has 4 nitrogen and oxygen atoms in total. The standard InChI is InChI=1S/C20H30N4S/c1-3-21-20(22-15-17(2)25-19-9-5-4-6-10-19)24-14-11-18(16-24)23-12-7-8-13-23/h4-10,17-18H,3,11-16H2,1-2H3,(H,21,22). The Labute approximate surface area is 156 Å². The van der Waals surface area contributed by atoms with E-state index < -0.39 is 0 Å². The molecule has 2 aliphatic heterocycles. The number of thioether (sulfide) groups is 1. The van der Waals surface area contributed by atoms with Gasteiger partial charge >= 0.3 is 0 Å². The largest absolute Gasteiger partial charge is 0.357 e. The minimum Gasteiger partial charge on any atom is -0.357 e. The molecule has 25 heavy (non-hydrogen) atoms. The molecule has 2 atom stereocenters. The maximum Gasteiger partial charge on any atom is 0.194 e. The van der Waals surface area contributed by atoms with E-state index in [0.29, 0.717) is 11.3 Å². The molecule has 3 rings (SSSR count). The zero-order valence-electron chi connectivity index (χ0n) is 15.4. The van der Waals surface area contributed by atoms with Crippen molar-refractivity contribution >= 4 is 17.7 Å². The van der Waals surface area contributed by atoms with Crippen molar-refractivity contribution in [3.8, 4) is 0 Å². The molecule has 2 heterocycles. The molecule has 0 radical (unpaired) electrons. The summed E-state index contributed by atoms with van der Waals surface area (Å²) in [7, 11) is 0. The SMILES string of the molecule is CCNC(=NCC(C)Sc1ccccc1)N1CCC(N2CC=CC2)C1. The lowest BCUT2D eigenvalue weighted by molar-refractivity contribution is 0.259. The second-order valence-electron chi connectivity index (χ2n) is 6.75. The molecule has 1 aromatic rings. The lowest BCUT2D eigenvalue weighted by Gasteiger charge is -2.25. The first-order valence-electron chi connectivity index (χ1n) is 9.40. The summed E-state index contributed by atoms with van der Waals surface area (Å²) in [6.45, 7) is 10.6. The van der Waals surface area contributed by atoms with Crippen LogP contribution in [0, 0.1) is 0 Å². The fourth-order valence-corrected chi connectivity index (χ4v) is 4.36. The summed E-state index contributed by atoms with van der Waals surface area (Å²) in [6, 6.07) is 11.3. The third kappa shape index (κ3) is 5.25. The molecule has 2 unspecified atom stereocenters. The van der Waals surface area contributed by atoms with Gasteiger partial charge in [-0.2, -0.15) is 0 Å². The van der Waals surface area contributed by atoms with Gasteiger partial charge in [0.25, 0.3) is 0 Å². The van der Waals surface area contributed by atoms with Crippen molar-refractivity contribution in [3.05, 3.63) is 42.5 Å². The molecule has 1 aromatic carbocycles. The Bertz CT molecular complexity index is 579. The molecule has 1 N–H and O–H groups in total. The molecular weight excluding hydrogens is 328 g/mol. The number of nitrogens with one attached hydrogen (secondary N) is 1. The van der Waals surface area contributed by atoms with Gasteiger partial charge in [0.1, 0.15) is 0 Å². The molecular formula is C20H30N4S. The number of hydrogen-bond donors (Lipinski definition) is 1. The number of aliphatic imine (C=N–C) groups is 1. The van der Waals surface area contributed by atoms with Gasteiger partial charge < -0.3 is 10.2 Å². The molecule has 0 bridgehead atoms. The van der Waals surface area contributed by atoms with E-state index in [1.165, 1.54) is 11.3 Å². The fourth-order valence-electron chi connectivity index (χ4n) is 3.43. The number of rotatable bonds is 6. The lowest BCUT2D eigenvalue weighted by atomic mass is 10.2. The molecule has 1 saturated heterocycles. The highest BCUT2D eigenvalue weighted by atomic mass is 32.2. The Morgan fingerprint density at radius 1 is 1.28 bits per heavy atom. The van der Waals surface area contributed by atoms with Gasteiger partial charge in [-0.05, 0) is 25.5 Å². The highest BCUT2D eigenvalue weighted by Gasteiger charge is 2.29. The van der Waals surface area contributed by atoms with E-state index in [2.05, 4.69) is 71.4 Å². The predicted molar refractivity (Wildman–Crippen MR) is 108 cm³/mol. The number of likely N-dealkylation sites (tertiary alicyclic amines) is 1. The first-order chi connectivity index (χ1) is 12.3. The maximum absolute atomic E-state index is 4.93. The van der Waals surface area contributed by atoms with Crippen LogP contribution in [0.25, 0.3) is 0 Å². The van der Waals surface area contributed by atoms with Gasteiger partial charge in [-0.3, -0.25) is 9.89 Å². The smallest absolute Gasteiger partial charge is 0.194 e. The Morgan fingerprint density at radius 3 is 2.76 bits per heavy atom. The van der Waals surface area contributed by atoms with Crippen LogP contribution in [-0.4, -0.2) is 66.3 Å². The third-order valence-corrected chi connectivity index (χ3v) is 5.84. The number of guanidine groups is 1. The fraction of sp³-hybridized carbons (Fsp3) is 0.550. The van der Waals surface area contributed by atoms with E-state index in [1.54, 1.807) is 0 Å². The van der Waals surface area contributed by atoms with Crippen molar-refractivity contribution < 1.29 is 0 Å². The van der Waals surface area contributed by atoms with Crippen LogP contribution in [0.5, 0.6) is 0 Å². The number of hydrogen-bond acceptors (Lipinski definition) is 3. The van der Waals surface area contributed by atoms with E-state index in [0.717, 1.165) is 45.2 Å². The van der Waals surface area contributed by atoms with Crippen molar-refractivity contribution in [2.24, 2.45) is 4.99 Å². The summed E-state index contributed by atoms with van der Waals surface area (Å²) in [5, 5.41) is 3.96. The van der Waals surface area contributed by atoms with Crippen LogP contribution < -0.4 is 5.32 Å². The Morgan fingerprint density at radius 2 is 2.04 bits per heavy atom. The predicted octanol–water partition coefficient (Wildman–Crippen LogP) is 3.08. The topological polar surface area (TPSA) is 30.9 Å². The Balaban J connectivity index is 1.54. The molecule has 2 aliphatic rings. The first-order valence-corrected chi connectivity index (χ1v) is 10.3. The van der Waals surface area contributed by atoms with Gasteiger partial charge in [0.15, 0.2) is 5.96 Å². The third-order valence-electron chi connectivity index (χ3n) is 4.74. The highest BCUT2D eigenvalue weighted by Crippen LogP contribution is 2.23. The van der Waals surface area contributed by atoms with Crippen LogP contribution in [0.4, 0.5) is 0 Å². The van der Waals surface area contributed by atoms with Crippen molar-refractivity contribution in [1.82, 2.24) is 15.1 Å². The molecule has 0 spiro atoms. The summed E-state index contributed by atoms with van der Waals surface area (Å²) in [6.07, 6.45) is 5.80.